The SMILES string of the molecule is COC(OC)C(=O)C1CCCCC(Cc2cccc(F)c2)C1=O. The van der Waals surface area contributed by atoms with Gasteiger partial charge in [0.15, 0.2) is 5.78 Å². The molecule has 2 rings (SSSR count). The van der Waals surface area contributed by atoms with E-state index in [4.69, 9.17) is 9.47 Å². The lowest BCUT2D eigenvalue weighted by Crippen LogP contribution is -2.37. The number of Topliss-reactive ketones (excluding diaryl/α,β-unsaturated/α-hetero) is 2. The monoisotopic (exact) mass is 322 g/mol. The Labute approximate surface area is 136 Å². The van der Waals surface area contributed by atoms with Gasteiger partial charge in [-0.05, 0) is 37.0 Å². The molecule has 0 amide bonds. The zero-order chi connectivity index (χ0) is 16.8. The molecular weight excluding hydrogens is 299 g/mol. The largest absolute Gasteiger partial charge is 0.349 e. The summed E-state index contributed by atoms with van der Waals surface area (Å²) in [5, 5.41) is 0. The van der Waals surface area contributed by atoms with Gasteiger partial charge < -0.3 is 9.47 Å². The third kappa shape index (κ3) is 4.45. The molecule has 0 bridgehead atoms. The van der Waals surface area contributed by atoms with Gasteiger partial charge in [0.05, 0.1) is 5.92 Å². The first-order valence-electron chi connectivity index (χ1n) is 7.94. The second-order valence-corrected chi connectivity index (χ2v) is 5.98. The molecule has 1 aromatic rings. The predicted octanol–water partition coefficient (Wildman–Crippen LogP) is 2.93. The molecule has 0 N–H and O–H groups in total. The fourth-order valence-electron chi connectivity index (χ4n) is 3.23. The highest BCUT2D eigenvalue weighted by Crippen LogP contribution is 2.29. The molecule has 2 unspecified atom stereocenters. The summed E-state index contributed by atoms with van der Waals surface area (Å²) in [4.78, 5) is 25.2. The van der Waals surface area contributed by atoms with E-state index in [0.717, 1.165) is 24.8 Å². The molecule has 1 aliphatic carbocycles. The number of hydrogen-bond donors (Lipinski definition) is 0. The molecule has 0 aromatic heterocycles. The van der Waals surface area contributed by atoms with E-state index in [1.807, 2.05) is 6.07 Å². The lowest BCUT2D eigenvalue weighted by Gasteiger charge is -2.21. The van der Waals surface area contributed by atoms with Gasteiger partial charge in [0.2, 0.25) is 6.29 Å². The Morgan fingerprint density at radius 3 is 2.61 bits per heavy atom. The van der Waals surface area contributed by atoms with Crippen molar-refractivity contribution in [3.8, 4) is 0 Å². The smallest absolute Gasteiger partial charge is 0.218 e. The number of ketones is 2. The Bertz CT molecular complexity index is 554. The molecule has 1 aliphatic rings. The van der Waals surface area contributed by atoms with Crippen molar-refractivity contribution in [1.29, 1.82) is 0 Å². The molecular formula is C18H23FO4. The third-order valence-electron chi connectivity index (χ3n) is 4.42. The quantitative estimate of drug-likeness (QED) is 0.459. The molecule has 23 heavy (non-hydrogen) atoms. The number of carbonyl (C=O) groups excluding carboxylic acids is 2. The van der Waals surface area contributed by atoms with Crippen molar-refractivity contribution >= 4 is 11.6 Å². The van der Waals surface area contributed by atoms with E-state index < -0.39 is 12.2 Å². The van der Waals surface area contributed by atoms with Gasteiger partial charge in [0, 0.05) is 20.1 Å². The summed E-state index contributed by atoms with van der Waals surface area (Å²) >= 11 is 0. The predicted molar refractivity (Wildman–Crippen MR) is 83.4 cm³/mol. The molecule has 4 nitrogen and oxygen atoms in total. The van der Waals surface area contributed by atoms with Crippen LogP contribution in [0, 0.1) is 17.7 Å². The van der Waals surface area contributed by atoms with Crippen LogP contribution in [0.1, 0.15) is 31.2 Å². The standard InChI is InChI=1S/C18H23FO4/c1-22-18(23-2)17(21)15-9-4-3-7-13(16(15)20)10-12-6-5-8-14(19)11-12/h5-6,8,11,13,15,18H,3-4,7,9-10H2,1-2H3. The highest BCUT2D eigenvalue weighted by Gasteiger charge is 2.37. The molecule has 1 saturated carbocycles. The van der Waals surface area contributed by atoms with Gasteiger partial charge in [0.1, 0.15) is 11.6 Å². The minimum absolute atomic E-state index is 0.0733. The lowest BCUT2D eigenvalue weighted by molar-refractivity contribution is -0.163. The Balaban J connectivity index is 2.14. The summed E-state index contributed by atoms with van der Waals surface area (Å²) in [5.41, 5.74) is 0.784. The summed E-state index contributed by atoms with van der Waals surface area (Å²) < 4.78 is 23.3. The third-order valence-corrected chi connectivity index (χ3v) is 4.42. The molecule has 5 heteroatoms. The van der Waals surface area contributed by atoms with Crippen LogP contribution < -0.4 is 0 Å². The zero-order valence-corrected chi connectivity index (χ0v) is 13.6. The molecule has 0 spiro atoms. The van der Waals surface area contributed by atoms with Gasteiger partial charge in [-0.3, -0.25) is 9.59 Å². The Kier molecular flexibility index (Phi) is 6.42. The van der Waals surface area contributed by atoms with E-state index in [-0.39, 0.29) is 23.3 Å². The number of carbonyl (C=O) groups is 2. The van der Waals surface area contributed by atoms with Crippen LogP contribution >= 0.6 is 0 Å². The molecule has 1 aromatic carbocycles. The van der Waals surface area contributed by atoms with Gasteiger partial charge in [0.25, 0.3) is 0 Å². The van der Waals surface area contributed by atoms with Crippen molar-refractivity contribution in [2.24, 2.45) is 11.8 Å². The van der Waals surface area contributed by atoms with Gasteiger partial charge in [-0.15, -0.1) is 0 Å². The lowest BCUT2D eigenvalue weighted by atomic mass is 9.84. The number of ether oxygens (including phenoxy) is 2. The first-order chi connectivity index (χ1) is 11.1. The van der Waals surface area contributed by atoms with Gasteiger partial charge in [-0.25, -0.2) is 4.39 Å². The van der Waals surface area contributed by atoms with Crippen LogP contribution in [0.3, 0.4) is 0 Å². The van der Waals surface area contributed by atoms with Crippen LogP contribution in [0.15, 0.2) is 24.3 Å². The second kappa shape index (κ2) is 8.31. The molecule has 0 saturated heterocycles. The summed E-state index contributed by atoms with van der Waals surface area (Å²) in [7, 11) is 2.77. The number of methoxy groups -OCH3 is 2. The first-order valence-corrected chi connectivity index (χ1v) is 7.94. The number of benzene rings is 1. The topological polar surface area (TPSA) is 52.6 Å². The van der Waals surface area contributed by atoms with Crippen LogP contribution in [-0.2, 0) is 25.5 Å². The normalized spacial score (nSPS) is 22.2. The van der Waals surface area contributed by atoms with Crippen molar-refractivity contribution in [1.82, 2.24) is 0 Å². The summed E-state index contributed by atoms with van der Waals surface area (Å²) in [5.74, 6) is -1.65. The summed E-state index contributed by atoms with van der Waals surface area (Å²) in [6, 6.07) is 6.28. The van der Waals surface area contributed by atoms with Crippen molar-refractivity contribution in [2.75, 3.05) is 14.2 Å². The maximum Gasteiger partial charge on any atom is 0.218 e. The van der Waals surface area contributed by atoms with E-state index in [1.165, 1.54) is 26.4 Å². The molecule has 0 radical (unpaired) electrons. The number of halogens is 1. The second-order valence-electron chi connectivity index (χ2n) is 5.98. The highest BCUT2D eigenvalue weighted by molar-refractivity contribution is 6.04. The number of hydrogen-bond acceptors (Lipinski definition) is 4. The highest BCUT2D eigenvalue weighted by atomic mass is 19.1. The fourth-order valence-corrected chi connectivity index (χ4v) is 3.23. The van der Waals surface area contributed by atoms with Crippen LogP contribution in [0.2, 0.25) is 0 Å². The molecule has 1 fully saturated rings. The van der Waals surface area contributed by atoms with Gasteiger partial charge in [-0.2, -0.15) is 0 Å². The van der Waals surface area contributed by atoms with E-state index in [1.54, 1.807) is 6.07 Å². The van der Waals surface area contributed by atoms with Crippen molar-refractivity contribution in [2.45, 2.75) is 38.4 Å². The summed E-state index contributed by atoms with van der Waals surface area (Å²) in [6.07, 6.45) is 2.43. The van der Waals surface area contributed by atoms with Crippen molar-refractivity contribution in [3.63, 3.8) is 0 Å². The Morgan fingerprint density at radius 1 is 1.26 bits per heavy atom. The minimum Gasteiger partial charge on any atom is -0.349 e. The van der Waals surface area contributed by atoms with Crippen LogP contribution in [0.5, 0.6) is 0 Å². The Hall–Kier alpha value is -1.59. The summed E-state index contributed by atoms with van der Waals surface area (Å²) in [6.45, 7) is 0. The van der Waals surface area contributed by atoms with Crippen LogP contribution in [-0.4, -0.2) is 32.1 Å². The van der Waals surface area contributed by atoms with Crippen molar-refractivity contribution in [3.05, 3.63) is 35.6 Å². The Morgan fingerprint density at radius 2 is 1.96 bits per heavy atom. The molecule has 0 heterocycles. The first kappa shape index (κ1) is 17.8. The van der Waals surface area contributed by atoms with Crippen LogP contribution in [0.25, 0.3) is 0 Å². The van der Waals surface area contributed by atoms with Gasteiger partial charge >= 0.3 is 0 Å². The van der Waals surface area contributed by atoms with Crippen molar-refractivity contribution < 1.29 is 23.5 Å². The molecule has 126 valence electrons. The van der Waals surface area contributed by atoms with Crippen LogP contribution in [0.4, 0.5) is 4.39 Å². The fraction of sp³-hybridized carbons (Fsp3) is 0.556. The maximum atomic E-state index is 13.3. The molecule has 2 atom stereocenters. The van der Waals surface area contributed by atoms with E-state index in [0.29, 0.717) is 12.8 Å². The van der Waals surface area contributed by atoms with E-state index in [9.17, 15) is 14.0 Å². The minimum atomic E-state index is -1.00. The van der Waals surface area contributed by atoms with Gasteiger partial charge in [-0.1, -0.05) is 25.0 Å². The molecule has 0 aliphatic heterocycles. The maximum absolute atomic E-state index is 13.3. The van der Waals surface area contributed by atoms with E-state index in [2.05, 4.69) is 0 Å². The zero-order valence-electron chi connectivity index (χ0n) is 13.6. The average Bonchev–Trinajstić information content (AvgIpc) is 2.71. The number of rotatable bonds is 6. The average molecular weight is 322 g/mol. The van der Waals surface area contributed by atoms with E-state index >= 15 is 0 Å².